The molecule has 34 heavy (non-hydrogen) atoms. The molecule has 0 saturated heterocycles. The van der Waals surface area contributed by atoms with E-state index in [1.54, 1.807) is 24.3 Å². The molecule has 0 unspecified atom stereocenters. The average Bonchev–Trinajstić information content (AvgIpc) is 2.80. The van der Waals surface area contributed by atoms with Crippen molar-refractivity contribution in [3.05, 3.63) is 94.0 Å². The van der Waals surface area contributed by atoms with Crippen LogP contribution >= 0.6 is 0 Å². The summed E-state index contributed by atoms with van der Waals surface area (Å²) in [7, 11) is 0. The van der Waals surface area contributed by atoms with E-state index in [4.69, 9.17) is 9.47 Å². The van der Waals surface area contributed by atoms with Gasteiger partial charge in [0.15, 0.2) is 5.78 Å². The number of benzene rings is 3. The molecule has 178 valence electrons. The Labute approximate surface area is 202 Å². The van der Waals surface area contributed by atoms with E-state index in [2.05, 4.69) is 39.0 Å². The molecule has 0 radical (unpaired) electrons. The lowest BCUT2D eigenvalue weighted by Gasteiger charge is -2.28. The summed E-state index contributed by atoms with van der Waals surface area (Å²) in [6.07, 6.45) is 0.563. The number of esters is 1. The van der Waals surface area contributed by atoms with Gasteiger partial charge in [-0.15, -0.1) is 0 Å². The molecule has 3 rings (SSSR count). The van der Waals surface area contributed by atoms with Gasteiger partial charge in [0, 0.05) is 17.4 Å². The smallest absolute Gasteiger partial charge is 0.343 e. The fourth-order valence-electron chi connectivity index (χ4n) is 3.90. The molecule has 0 atom stereocenters. The SMILES string of the molecule is CCC(=O)c1ccc(C(=O)Oc2ccc(C(C)(C)c3ccc(OC(C)C)c(C)c3)cc2C)cc1. The van der Waals surface area contributed by atoms with Crippen molar-refractivity contribution in [3.8, 4) is 11.5 Å². The molecule has 3 aromatic rings. The van der Waals surface area contributed by atoms with Gasteiger partial charge in [-0.2, -0.15) is 0 Å². The monoisotopic (exact) mass is 458 g/mol. The maximum absolute atomic E-state index is 12.6. The molecule has 0 fully saturated rings. The van der Waals surface area contributed by atoms with E-state index in [9.17, 15) is 9.59 Å². The third-order valence-corrected chi connectivity index (χ3v) is 6.12. The lowest BCUT2D eigenvalue weighted by molar-refractivity contribution is 0.0733. The van der Waals surface area contributed by atoms with Gasteiger partial charge < -0.3 is 9.47 Å². The van der Waals surface area contributed by atoms with Crippen LogP contribution in [0, 0.1) is 13.8 Å². The molecule has 4 nitrogen and oxygen atoms in total. The summed E-state index contributed by atoms with van der Waals surface area (Å²) < 4.78 is 11.5. The number of ketones is 1. The van der Waals surface area contributed by atoms with Gasteiger partial charge in [0.25, 0.3) is 0 Å². The van der Waals surface area contributed by atoms with Gasteiger partial charge in [-0.25, -0.2) is 4.79 Å². The number of Topliss-reactive ketones (excluding diaryl/α,β-unsaturated/α-hetero) is 1. The Morgan fingerprint density at radius 2 is 1.29 bits per heavy atom. The van der Waals surface area contributed by atoms with Gasteiger partial charge in [0.05, 0.1) is 11.7 Å². The molecule has 0 aliphatic rings. The van der Waals surface area contributed by atoms with Crippen LogP contribution in [0.1, 0.15) is 84.0 Å². The minimum Gasteiger partial charge on any atom is -0.491 e. The van der Waals surface area contributed by atoms with Crippen molar-refractivity contribution < 1.29 is 19.1 Å². The van der Waals surface area contributed by atoms with E-state index in [0.29, 0.717) is 23.3 Å². The van der Waals surface area contributed by atoms with E-state index in [0.717, 1.165) is 22.4 Å². The lowest BCUT2D eigenvalue weighted by Crippen LogP contribution is -2.20. The maximum atomic E-state index is 12.6. The van der Waals surface area contributed by atoms with Crippen LogP contribution in [0.4, 0.5) is 0 Å². The number of aryl methyl sites for hydroxylation is 2. The molecular formula is C30H34O4. The van der Waals surface area contributed by atoms with Crippen molar-refractivity contribution in [1.29, 1.82) is 0 Å². The molecule has 0 heterocycles. The Hall–Kier alpha value is -3.40. The first-order valence-corrected chi connectivity index (χ1v) is 11.8. The van der Waals surface area contributed by atoms with Gasteiger partial charge >= 0.3 is 5.97 Å². The predicted octanol–water partition coefficient (Wildman–Crippen LogP) is 7.23. The topological polar surface area (TPSA) is 52.6 Å². The van der Waals surface area contributed by atoms with Crippen LogP contribution in [-0.4, -0.2) is 17.9 Å². The van der Waals surface area contributed by atoms with Crippen molar-refractivity contribution >= 4 is 11.8 Å². The summed E-state index contributed by atoms with van der Waals surface area (Å²) in [5.41, 5.74) is 5.07. The number of carbonyl (C=O) groups is 2. The zero-order chi connectivity index (χ0) is 25.0. The van der Waals surface area contributed by atoms with Gasteiger partial charge in [-0.1, -0.05) is 57.2 Å². The number of rotatable bonds is 8. The zero-order valence-electron chi connectivity index (χ0n) is 21.2. The van der Waals surface area contributed by atoms with Crippen molar-refractivity contribution in [2.24, 2.45) is 0 Å². The Morgan fingerprint density at radius 1 is 0.794 bits per heavy atom. The standard InChI is InChI=1S/C30H34O4/c1-8-26(31)22-9-11-23(12-10-22)29(32)34-28-16-14-25(18-21(28)5)30(6,7)24-13-15-27(20(4)17-24)33-19(2)3/h9-19H,8H2,1-7H3. The van der Waals surface area contributed by atoms with E-state index in [-0.39, 0.29) is 17.3 Å². The van der Waals surface area contributed by atoms with Crippen molar-refractivity contribution in [3.63, 3.8) is 0 Å². The Balaban J connectivity index is 1.79. The molecule has 4 heteroatoms. The van der Waals surface area contributed by atoms with Crippen LogP contribution in [0.15, 0.2) is 60.7 Å². The second-order valence-corrected chi connectivity index (χ2v) is 9.50. The van der Waals surface area contributed by atoms with Gasteiger partial charge in [-0.3, -0.25) is 4.79 Å². The Morgan fingerprint density at radius 3 is 1.76 bits per heavy atom. The van der Waals surface area contributed by atoms with Crippen molar-refractivity contribution in [2.45, 2.75) is 66.4 Å². The van der Waals surface area contributed by atoms with Gasteiger partial charge in [0.2, 0.25) is 0 Å². The number of hydrogen-bond acceptors (Lipinski definition) is 4. The van der Waals surface area contributed by atoms with Crippen LogP contribution < -0.4 is 9.47 Å². The fraction of sp³-hybridized carbons (Fsp3) is 0.333. The number of hydrogen-bond donors (Lipinski definition) is 0. The lowest BCUT2D eigenvalue weighted by atomic mass is 9.77. The molecule has 0 spiro atoms. The van der Waals surface area contributed by atoms with Crippen LogP contribution in [0.2, 0.25) is 0 Å². The average molecular weight is 459 g/mol. The highest BCUT2D eigenvalue weighted by atomic mass is 16.5. The first-order valence-electron chi connectivity index (χ1n) is 11.8. The molecule has 0 aromatic heterocycles. The van der Waals surface area contributed by atoms with E-state index in [1.165, 1.54) is 5.56 Å². The molecule has 0 bridgehead atoms. The second-order valence-electron chi connectivity index (χ2n) is 9.50. The first-order chi connectivity index (χ1) is 16.0. The van der Waals surface area contributed by atoms with E-state index < -0.39 is 5.97 Å². The normalized spacial score (nSPS) is 11.4. The molecule has 0 saturated carbocycles. The van der Waals surface area contributed by atoms with Crippen molar-refractivity contribution in [2.75, 3.05) is 0 Å². The summed E-state index contributed by atoms with van der Waals surface area (Å²) in [4.78, 5) is 24.4. The highest BCUT2D eigenvalue weighted by Gasteiger charge is 2.25. The van der Waals surface area contributed by atoms with Crippen LogP contribution in [-0.2, 0) is 5.41 Å². The highest BCUT2D eigenvalue weighted by molar-refractivity contribution is 5.97. The third kappa shape index (κ3) is 5.56. The van der Waals surface area contributed by atoms with Crippen LogP contribution in [0.3, 0.4) is 0 Å². The quantitative estimate of drug-likeness (QED) is 0.203. The number of ether oxygens (including phenoxy) is 2. The minimum absolute atomic E-state index is 0.0475. The summed E-state index contributed by atoms with van der Waals surface area (Å²) in [5, 5.41) is 0. The maximum Gasteiger partial charge on any atom is 0.343 e. The summed E-state index contributed by atoms with van der Waals surface area (Å²) in [5.74, 6) is 1.03. The fourth-order valence-corrected chi connectivity index (χ4v) is 3.90. The summed E-state index contributed by atoms with van der Waals surface area (Å²) in [6, 6.07) is 18.8. The van der Waals surface area contributed by atoms with Crippen LogP contribution in [0.25, 0.3) is 0 Å². The Bertz CT molecular complexity index is 1190. The third-order valence-electron chi connectivity index (χ3n) is 6.12. The molecule has 3 aromatic carbocycles. The molecule has 0 aliphatic heterocycles. The highest BCUT2D eigenvalue weighted by Crippen LogP contribution is 2.36. The van der Waals surface area contributed by atoms with Gasteiger partial charge in [0.1, 0.15) is 11.5 Å². The van der Waals surface area contributed by atoms with Crippen molar-refractivity contribution in [1.82, 2.24) is 0 Å². The molecular weight excluding hydrogens is 424 g/mol. The summed E-state index contributed by atoms with van der Waals surface area (Å²) >= 11 is 0. The van der Waals surface area contributed by atoms with E-state index >= 15 is 0 Å². The number of carbonyl (C=O) groups excluding carboxylic acids is 2. The molecule has 0 N–H and O–H groups in total. The largest absolute Gasteiger partial charge is 0.491 e. The van der Waals surface area contributed by atoms with E-state index in [1.807, 2.05) is 45.9 Å². The summed E-state index contributed by atoms with van der Waals surface area (Å²) in [6.45, 7) is 14.2. The molecule has 0 aliphatic carbocycles. The van der Waals surface area contributed by atoms with Gasteiger partial charge in [-0.05, 0) is 74.2 Å². The zero-order valence-corrected chi connectivity index (χ0v) is 21.2. The first kappa shape index (κ1) is 25.2. The second kappa shape index (κ2) is 10.3. The predicted molar refractivity (Wildman–Crippen MR) is 136 cm³/mol. The minimum atomic E-state index is -0.443. The Kier molecular flexibility index (Phi) is 7.61. The molecule has 0 amide bonds. The van der Waals surface area contributed by atoms with Crippen LogP contribution in [0.5, 0.6) is 11.5 Å².